The molecule has 1 N–H and O–H groups in total. The fraction of sp³-hybridized carbons (Fsp3) is 0.0769. The van der Waals surface area contributed by atoms with Crippen LogP contribution in [0, 0.1) is 0 Å². The molecule has 0 saturated carbocycles. The van der Waals surface area contributed by atoms with Crippen molar-refractivity contribution in [2.45, 2.75) is 6.61 Å². The Morgan fingerprint density at radius 1 is 0.871 bits per heavy atom. The fourth-order valence-electron chi connectivity index (χ4n) is 3.28. The van der Waals surface area contributed by atoms with Crippen LogP contribution in [0.2, 0.25) is 0 Å². The van der Waals surface area contributed by atoms with Gasteiger partial charge in [0.05, 0.1) is 6.21 Å². The highest BCUT2D eigenvalue weighted by atomic mass is 16.6. The van der Waals surface area contributed by atoms with E-state index in [1.165, 1.54) is 17.0 Å². The summed E-state index contributed by atoms with van der Waals surface area (Å²) in [7, 11) is 0. The number of oxime groups is 1. The van der Waals surface area contributed by atoms with Crippen LogP contribution < -0.4 is 4.74 Å². The van der Waals surface area contributed by atoms with Crippen molar-refractivity contribution in [1.82, 2.24) is 0 Å². The van der Waals surface area contributed by atoms with Gasteiger partial charge in [-0.25, -0.2) is 4.79 Å². The molecule has 0 spiro atoms. The van der Waals surface area contributed by atoms with Gasteiger partial charge in [0, 0.05) is 5.56 Å². The topological polar surface area (TPSA) is 68.1 Å². The predicted octanol–water partition coefficient (Wildman–Crippen LogP) is 5.52. The Morgan fingerprint density at radius 3 is 2.42 bits per heavy atom. The molecule has 0 bridgehead atoms. The highest BCUT2D eigenvalue weighted by Crippen LogP contribution is 2.26. The summed E-state index contributed by atoms with van der Waals surface area (Å²) in [6, 6.07) is 30.1. The monoisotopic (exact) mass is 411 g/mol. The average molecular weight is 411 g/mol. The van der Waals surface area contributed by atoms with Gasteiger partial charge in [-0.2, -0.15) is 0 Å². The van der Waals surface area contributed by atoms with E-state index in [1.54, 1.807) is 0 Å². The van der Waals surface area contributed by atoms with Crippen LogP contribution in [-0.2, 0) is 16.2 Å². The number of hydrogen-bond donors (Lipinski definition) is 1. The van der Waals surface area contributed by atoms with Crippen molar-refractivity contribution in [3.05, 3.63) is 102 Å². The van der Waals surface area contributed by atoms with Crippen LogP contribution in [0.15, 0.2) is 96.2 Å². The summed E-state index contributed by atoms with van der Waals surface area (Å²) in [6.45, 7) is 0.0241. The Morgan fingerprint density at radius 2 is 1.61 bits per heavy atom. The molecule has 0 radical (unpaired) electrons. The molecular formula is C26H21NO4. The van der Waals surface area contributed by atoms with Gasteiger partial charge < -0.3 is 14.7 Å². The van der Waals surface area contributed by atoms with Crippen LogP contribution >= 0.6 is 0 Å². The number of benzene rings is 4. The largest absolute Gasteiger partial charge is 0.489 e. The van der Waals surface area contributed by atoms with Gasteiger partial charge in [0.2, 0.25) is 6.61 Å². The summed E-state index contributed by atoms with van der Waals surface area (Å²) in [4.78, 5) is 15.3. The average Bonchev–Trinajstić information content (AvgIpc) is 2.81. The van der Waals surface area contributed by atoms with E-state index < -0.39 is 12.6 Å². The molecule has 4 rings (SSSR count). The zero-order chi connectivity index (χ0) is 21.5. The van der Waals surface area contributed by atoms with Crippen LogP contribution in [0.4, 0.5) is 0 Å². The van der Waals surface area contributed by atoms with Crippen LogP contribution in [0.1, 0.15) is 11.1 Å². The third-order valence-electron chi connectivity index (χ3n) is 4.80. The lowest BCUT2D eigenvalue weighted by Crippen LogP contribution is -2.03. The van der Waals surface area contributed by atoms with Gasteiger partial charge in [0.15, 0.2) is 0 Å². The molecule has 0 aliphatic heterocycles. The van der Waals surface area contributed by atoms with Gasteiger partial charge in [-0.15, -0.1) is 0 Å². The van der Waals surface area contributed by atoms with Crippen molar-refractivity contribution >= 4 is 23.0 Å². The Hall–Kier alpha value is -4.12. The smallest absolute Gasteiger partial charge is 0.344 e. The summed E-state index contributed by atoms with van der Waals surface area (Å²) in [6.07, 6.45) is 1.52. The number of nitrogens with zero attached hydrogens (tertiary/aromatic N) is 1. The van der Waals surface area contributed by atoms with E-state index in [0.717, 1.165) is 28.0 Å². The zero-order valence-electron chi connectivity index (χ0n) is 16.8. The minimum absolute atomic E-state index is 0.470. The van der Waals surface area contributed by atoms with Gasteiger partial charge >= 0.3 is 5.97 Å². The first-order valence-corrected chi connectivity index (χ1v) is 9.86. The van der Waals surface area contributed by atoms with E-state index in [9.17, 15) is 4.79 Å². The highest BCUT2D eigenvalue weighted by molar-refractivity contribution is 5.90. The first kappa shape index (κ1) is 20.2. The standard InChI is InChI=1S/C26H21NO4/c28-26(29)18-31-27-16-23-7-3-4-8-25(23)21-11-13-24(14-12-21)30-17-19-9-10-20-5-1-2-6-22(20)15-19/h1-16H,17-18H2,(H,28,29). The molecule has 4 aromatic carbocycles. The van der Waals surface area contributed by atoms with E-state index in [0.29, 0.717) is 6.61 Å². The summed E-state index contributed by atoms with van der Waals surface area (Å²) < 4.78 is 5.96. The van der Waals surface area contributed by atoms with Crippen LogP contribution in [0.5, 0.6) is 5.75 Å². The molecule has 5 nitrogen and oxygen atoms in total. The van der Waals surface area contributed by atoms with E-state index in [2.05, 4.69) is 35.5 Å². The number of carboxylic acid groups (broad SMARTS) is 1. The maximum absolute atomic E-state index is 10.5. The molecule has 0 amide bonds. The van der Waals surface area contributed by atoms with E-state index >= 15 is 0 Å². The first-order chi connectivity index (χ1) is 15.2. The molecule has 4 aromatic rings. The minimum atomic E-state index is -1.07. The number of carbonyl (C=O) groups is 1. The Labute approximate surface area is 180 Å². The quantitative estimate of drug-likeness (QED) is 0.306. The molecule has 0 aliphatic carbocycles. The highest BCUT2D eigenvalue weighted by Gasteiger charge is 2.05. The maximum Gasteiger partial charge on any atom is 0.344 e. The predicted molar refractivity (Wildman–Crippen MR) is 121 cm³/mol. The van der Waals surface area contributed by atoms with Crippen molar-refractivity contribution in [2.75, 3.05) is 6.61 Å². The van der Waals surface area contributed by atoms with Gasteiger partial charge in [-0.1, -0.05) is 78.0 Å². The SMILES string of the molecule is O=C(O)CON=Cc1ccccc1-c1ccc(OCc2ccc3ccccc3c2)cc1. The number of carboxylic acids is 1. The lowest BCUT2D eigenvalue weighted by atomic mass is 10.0. The molecule has 0 atom stereocenters. The van der Waals surface area contributed by atoms with Crippen molar-refractivity contribution in [3.8, 4) is 16.9 Å². The minimum Gasteiger partial charge on any atom is -0.489 e. The summed E-state index contributed by atoms with van der Waals surface area (Å²) in [5.41, 5.74) is 3.91. The molecule has 31 heavy (non-hydrogen) atoms. The number of aliphatic carboxylic acids is 1. The Balaban J connectivity index is 1.44. The van der Waals surface area contributed by atoms with Crippen molar-refractivity contribution in [3.63, 3.8) is 0 Å². The molecule has 0 aliphatic rings. The van der Waals surface area contributed by atoms with Crippen LogP contribution in [0.3, 0.4) is 0 Å². The van der Waals surface area contributed by atoms with Gasteiger partial charge in [0.25, 0.3) is 0 Å². The van der Waals surface area contributed by atoms with Crippen LogP contribution in [-0.4, -0.2) is 23.9 Å². The number of hydrogen-bond acceptors (Lipinski definition) is 4. The third-order valence-corrected chi connectivity index (χ3v) is 4.80. The Bertz CT molecular complexity index is 1220. The first-order valence-electron chi connectivity index (χ1n) is 9.86. The number of fused-ring (bicyclic) bond motifs is 1. The lowest BCUT2D eigenvalue weighted by molar-refractivity contribution is -0.142. The van der Waals surface area contributed by atoms with E-state index in [1.807, 2.05) is 60.7 Å². The second kappa shape index (κ2) is 9.59. The third kappa shape index (κ3) is 5.28. The molecule has 0 unspecified atom stereocenters. The molecule has 0 aromatic heterocycles. The molecule has 5 heteroatoms. The summed E-state index contributed by atoms with van der Waals surface area (Å²) in [5.74, 6) is -0.280. The molecular weight excluding hydrogens is 390 g/mol. The van der Waals surface area contributed by atoms with Crippen molar-refractivity contribution in [2.24, 2.45) is 5.16 Å². The molecule has 0 heterocycles. The van der Waals surface area contributed by atoms with Gasteiger partial charge in [-0.3, -0.25) is 0 Å². The maximum atomic E-state index is 10.5. The second-order valence-corrected chi connectivity index (χ2v) is 6.98. The summed E-state index contributed by atoms with van der Waals surface area (Å²) in [5, 5.41) is 14.8. The Kier molecular flexibility index (Phi) is 6.24. The van der Waals surface area contributed by atoms with Crippen LogP contribution in [0.25, 0.3) is 21.9 Å². The van der Waals surface area contributed by atoms with Gasteiger partial charge in [0.1, 0.15) is 12.4 Å². The number of ether oxygens (including phenoxy) is 1. The fourth-order valence-corrected chi connectivity index (χ4v) is 3.28. The molecule has 0 saturated heterocycles. The van der Waals surface area contributed by atoms with Crippen molar-refractivity contribution < 1.29 is 19.5 Å². The zero-order valence-corrected chi connectivity index (χ0v) is 16.8. The van der Waals surface area contributed by atoms with E-state index in [-0.39, 0.29) is 0 Å². The second-order valence-electron chi connectivity index (χ2n) is 6.98. The molecule has 0 fully saturated rings. The number of rotatable bonds is 8. The lowest BCUT2D eigenvalue weighted by Gasteiger charge is -2.10. The van der Waals surface area contributed by atoms with Crippen molar-refractivity contribution in [1.29, 1.82) is 0 Å². The van der Waals surface area contributed by atoms with E-state index in [4.69, 9.17) is 14.7 Å². The summed E-state index contributed by atoms with van der Waals surface area (Å²) >= 11 is 0. The normalized spacial score (nSPS) is 11.0. The van der Waals surface area contributed by atoms with Gasteiger partial charge in [-0.05, 0) is 45.7 Å². The molecule has 154 valence electrons.